The van der Waals surface area contributed by atoms with Gasteiger partial charge in [0.15, 0.2) is 0 Å². The van der Waals surface area contributed by atoms with Gasteiger partial charge in [0.2, 0.25) is 23.6 Å². The highest BCUT2D eigenvalue weighted by Crippen LogP contribution is 2.07. The van der Waals surface area contributed by atoms with Crippen LogP contribution < -0.4 is 27.4 Å². The number of rotatable bonds is 14. The van der Waals surface area contributed by atoms with Crippen LogP contribution in [0.4, 0.5) is 0 Å². The van der Waals surface area contributed by atoms with Crippen molar-refractivity contribution < 1.29 is 34.2 Å². The molecule has 14 heteroatoms. The molecule has 0 aromatic carbocycles. The van der Waals surface area contributed by atoms with Gasteiger partial charge in [-0.2, -0.15) is 0 Å². The van der Waals surface area contributed by atoms with E-state index in [0.717, 1.165) is 0 Å². The average molecular weight is 469 g/mol. The quantitative estimate of drug-likeness (QED) is 0.136. The molecule has 1 aromatic rings. The smallest absolute Gasteiger partial charge is 0.326 e. The van der Waals surface area contributed by atoms with Crippen LogP contribution in [0.3, 0.4) is 0 Å². The van der Waals surface area contributed by atoms with Gasteiger partial charge in [0.1, 0.15) is 24.2 Å². The number of amides is 4. The van der Waals surface area contributed by atoms with Crippen LogP contribution in [-0.4, -0.2) is 80.6 Å². The number of H-pyrrole nitrogens is 1. The Morgan fingerprint density at radius 1 is 1.03 bits per heavy atom. The van der Waals surface area contributed by atoms with Crippen molar-refractivity contribution in [3.63, 3.8) is 0 Å². The number of carboxylic acids is 1. The Morgan fingerprint density at radius 3 is 2.09 bits per heavy atom. The third-order valence-corrected chi connectivity index (χ3v) is 4.51. The molecule has 0 aliphatic heterocycles. The van der Waals surface area contributed by atoms with E-state index in [-0.39, 0.29) is 18.8 Å². The summed E-state index contributed by atoms with van der Waals surface area (Å²) >= 11 is 0. The van der Waals surface area contributed by atoms with Crippen LogP contribution in [0.25, 0.3) is 0 Å². The number of aromatic amines is 1. The molecule has 1 heterocycles. The number of aliphatic hydroxyl groups excluding tert-OH is 1. The number of carbonyl (C=O) groups is 5. The second-order valence-corrected chi connectivity index (χ2v) is 7.89. The van der Waals surface area contributed by atoms with Gasteiger partial charge in [-0.25, -0.2) is 9.78 Å². The second kappa shape index (κ2) is 13.1. The number of hydrogen-bond donors (Lipinski definition) is 8. The van der Waals surface area contributed by atoms with E-state index in [1.165, 1.54) is 12.5 Å². The number of carboxylic acid groups (broad SMARTS) is 1. The summed E-state index contributed by atoms with van der Waals surface area (Å²) in [5.41, 5.74) is 11.1. The van der Waals surface area contributed by atoms with Crippen molar-refractivity contribution in [1.29, 1.82) is 0 Å². The summed E-state index contributed by atoms with van der Waals surface area (Å²) < 4.78 is 0. The molecule has 10 N–H and O–H groups in total. The van der Waals surface area contributed by atoms with Gasteiger partial charge in [0, 0.05) is 18.3 Å². The van der Waals surface area contributed by atoms with Gasteiger partial charge in [-0.15, -0.1) is 0 Å². The van der Waals surface area contributed by atoms with Crippen molar-refractivity contribution in [2.24, 2.45) is 17.4 Å². The highest BCUT2D eigenvalue weighted by molar-refractivity contribution is 5.96. The monoisotopic (exact) mass is 469 g/mol. The number of aliphatic hydroxyl groups is 1. The first-order valence-electron chi connectivity index (χ1n) is 10.2. The Morgan fingerprint density at radius 2 is 1.61 bits per heavy atom. The molecule has 4 amide bonds. The van der Waals surface area contributed by atoms with Crippen molar-refractivity contribution in [3.05, 3.63) is 18.2 Å². The summed E-state index contributed by atoms with van der Waals surface area (Å²) in [5, 5.41) is 25.4. The minimum Gasteiger partial charge on any atom is -0.480 e. The first kappa shape index (κ1) is 27.5. The van der Waals surface area contributed by atoms with Gasteiger partial charge in [-0.05, 0) is 12.3 Å². The fourth-order valence-electron chi connectivity index (χ4n) is 2.84. The molecule has 14 nitrogen and oxygen atoms in total. The van der Waals surface area contributed by atoms with Gasteiger partial charge in [-0.1, -0.05) is 13.8 Å². The van der Waals surface area contributed by atoms with E-state index < -0.39 is 66.8 Å². The normalized spacial score (nSPS) is 14.6. The van der Waals surface area contributed by atoms with E-state index in [0.29, 0.717) is 5.69 Å². The summed E-state index contributed by atoms with van der Waals surface area (Å²) in [7, 11) is 0. The molecule has 33 heavy (non-hydrogen) atoms. The fraction of sp³-hybridized carbons (Fsp3) is 0.579. The molecule has 0 aliphatic carbocycles. The second-order valence-electron chi connectivity index (χ2n) is 7.89. The van der Waals surface area contributed by atoms with Gasteiger partial charge < -0.3 is 42.6 Å². The minimum atomic E-state index is -1.49. The van der Waals surface area contributed by atoms with E-state index in [4.69, 9.17) is 16.6 Å². The molecular formula is C19H31N7O7. The molecular weight excluding hydrogens is 438 g/mol. The van der Waals surface area contributed by atoms with Crippen LogP contribution >= 0.6 is 0 Å². The number of aromatic nitrogens is 2. The van der Waals surface area contributed by atoms with Crippen molar-refractivity contribution in [1.82, 2.24) is 25.9 Å². The lowest BCUT2D eigenvalue weighted by Crippen LogP contribution is -2.58. The Balaban J connectivity index is 3.04. The molecule has 0 fully saturated rings. The zero-order valence-corrected chi connectivity index (χ0v) is 18.4. The molecule has 4 atom stereocenters. The van der Waals surface area contributed by atoms with Crippen LogP contribution in [0.1, 0.15) is 32.4 Å². The van der Waals surface area contributed by atoms with Crippen molar-refractivity contribution >= 4 is 29.6 Å². The van der Waals surface area contributed by atoms with E-state index in [1.807, 2.05) is 0 Å². The molecule has 0 bridgehead atoms. The number of aliphatic carboxylic acids is 1. The molecule has 0 saturated carbocycles. The number of carbonyl (C=O) groups excluding carboxylic acids is 4. The summed E-state index contributed by atoms with van der Waals surface area (Å²) in [5.74, 6) is -4.85. The maximum Gasteiger partial charge on any atom is 0.326 e. The maximum atomic E-state index is 12.9. The number of hydrogen-bond acceptors (Lipinski definition) is 8. The fourth-order valence-corrected chi connectivity index (χ4v) is 2.84. The zero-order valence-electron chi connectivity index (χ0n) is 18.4. The lowest BCUT2D eigenvalue weighted by Gasteiger charge is -2.24. The number of nitrogens with two attached hydrogens (primary N) is 2. The number of nitrogens with zero attached hydrogens (tertiary/aromatic N) is 1. The van der Waals surface area contributed by atoms with Gasteiger partial charge >= 0.3 is 5.97 Å². The molecule has 1 rings (SSSR count). The summed E-state index contributed by atoms with van der Waals surface area (Å²) in [6, 6.07) is -5.28. The summed E-state index contributed by atoms with van der Waals surface area (Å²) in [6.45, 7) is 2.87. The van der Waals surface area contributed by atoms with Gasteiger partial charge in [0.25, 0.3) is 0 Å². The first-order chi connectivity index (χ1) is 15.4. The summed E-state index contributed by atoms with van der Waals surface area (Å²) in [4.78, 5) is 67.2. The Labute approximate surface area is 189 Å². The van der Waals surface area contributed by atoms with E-state index in [9.17, 15) is 29.1 Å². The topological polar surface area (TPSA) is 243 Å². The van der Waals surface area contributed by atoms with Crippen molar-refractivity contribution in [3.8, 4) is 0 Å². The molecule has 0 radical (unpaired) electrons. The van der Waals surface area contributed by atoms with E-state index in [1.54, 1.807) is 13.8 Å². The highest BCUT2D eigenvalue weighted by Gasteiger charge is 2.31. The number of primary amides is 1. The largest absolute Gasteiger partial charge is 0.480 e. The molecule has 0 aliphatic rings. The predicted octanol–water partition coefficient (Wildman–Crippen LogP) is -3.27. The van der Waals surface area contributed by atoms with Crippen LogP contribution in [0, 0.1) is 5.92 Å². The minimum absolute atomic E-state index is 0.0553. The molecule has 0 saturated heterocycles. The maximum absolute atomic E-state index is 12.9. The average Bonchev–Trinajstić information content (AvgIpc) is 3.23. The third-order valence-electron chi connectivity index (χ3n) is 4.51. The highest BCUT2D eigenvalue weighted by atomic mass is 16.4. The zero-order chi connectivity index (χ0) is 25.1. The van der Waals surface area contributed by atoms with Gasteiger partial charge in [0.05, 0.1) is 19.4 Å². The number of imidazole rings is 1. The lowest BCUT2D eigenvalue weighted by molar-refractivity contribution is -0.143. The van der Waals surface area contributed by atoms with E-state index >= 15 is 0 Å². The molecule has 1 aromatic heterocycles. The van der Waals surface area contributed by atoms with Gasteiger partial charge in [-0.3, -0.25) is 19.2 Å². The standard InChI is InChI=1S/C19H31N7O7/c1-9(2)3-14(19(32)33)26-18(31)13(5-15(21)28)25-17(30)12(4-10-6-22-8-23-10)24-16(29)11(20)7-27/h6,8-9,11-14,27H,3-5,7,20H2,1-2H3,(H2,21,28)(H,22,23)(H,24,29)(H,25,30)(H,26,31)(H,32,33). The Hall–Kier alpha value is -3.52. The Bertz CT molecular complexity index is 828. The number of nitrogens with one attached hydrogen (secondary N) is 4. The molecule has 4 unspecified atom stereocenters. The predicted molar refractivity (Wildman–Crippen MR) is 114 cm³/mol. The molecule has 0 spiro atoms. The van der Waals surface area contributed by atoms with Crippen molar-refractivity contribution in [2.75, 3.05) is 6.61 Å². The summed E-state index contributed by atoms with van der Waals surface area (Å²) in [6.07, 6.45) is 2.21. The lowest BCUT2D eigenvalue weighted by atomic mass is 10.0. The SMILES string of the molecule is CC(C)CC(NC(=O)C(CC(N)=O)NC(=O)C(Cc1cnc[nH]1)NC(=O)C(N)CO)C(=O)O. The molecule has 184 valence electrons. The van der Waals surface area contributed by atoms with Crippen LogP contribution in [0.2, 0.25) is 0 Å². The van der Waals surface area contributed by atoms with E-state index in [2.05, 4.69) is 25.9 Å². The van der Waals surface area contributed by atoms with Crippen LogP contribution in [-0.2, 0) is 30.4 Å². The Kier molecular flexibility index (Phi) is 10.9. The first-order valence-corrected chi connectivity index (χ1v) is 10.2. The third kappa shape index (κ3) is 9.65. The van der Waals surface area contributed by atoms with Crippen LogP contribution in [0.15, 0.2) is 12.5 Å². The van der Waals surface area contributed by atoms with Crippen molar-refractivity contribution in [2.45, 2.75) is 57.3 Å². The van der Waals surface area contributed by atoms with Crippen LogP contribution in [0.5, 0.6) is 0 Å².